The van der Waals surface area contributed by atoms with E-state index in [2.05, 4.69) is 18.0 Å². The zero-order chi connectivity index (χ0) is 11.5. The summed E-state index contributed by atoms with van der Waals surface area (Å²) in [5, 5.41) is 0. The molecule has 0 aromatic heterocycles. The summed E-state index contributed by atoms with van der Waals surface area (Å²) in [5.41, 5.74) is 2.98. The molecule has 2 rings (SSSR count). The summed E-state index contributed by atoms with van der Waals surface area (Å²) in [6.45, 7) is 4.05. The number of para-hydroxylation sites is 1. The third-order valence-corrected chi connectivity index (χ3v) is 3.07. The van der Waals surface area contributed by atoms with Crippen molar-refractivity contribution in [1.29, 1.82) is 0 Å². The molecule has 0 amide bonds. The van der Waals surface area contributed by atoms with Crippen LogP contribution < -0.4 is 0 Å². The standard InChI is InChI=1S/C14H17NO/c1-3-7-11-10-8-5-6-9-12(10)15-14(11)13(16)4-2/h5-6,8-9,11H,3-4,7H2,1-2H3. The number of benzene rings is 1. The lowest BCUT2D eigenvalue weighted by molar-refractivity contribution is -0.112. The highest BCUT2D eigenvalue weighted by Crippen LogP contribution is 2.38. The van der Waals surface area contributed by atoms with Crippen molar-refractivity contribution in [2.24, 2.45) is 4.99 Å². The maximum absolute atomic E-state index is 11.8. The molecule has 1 unspecified atom stereocenters. The van der Waals surface area contributed by atoms with Crippen LogP contribution in [-0.4, -0.2) is 11.5 Å². The maximum atomic E-state index is 11.8. The number of hydrogen-bond acceptors (Lipinski definition) is 2. The van der Waals surface area contributed by atoms with Crippen LogP contribution in [0.15, 0.2) is 29.3 Å². The van der Waals surface area contributed by atoms with Gasteiger partial charge in [-0.15, -0.1) is 0 Å². The average molecular weight is 215 g/mol. The van der Waals surface area contributed by atoms with Crippen molar-refractivity contribution in [3.05, 3.63) is 29.8 Å². The van der Waals surface area contributed by atoms with Crippen LogP contribution in [0.2, 0.25) is 0 Å². The van der Waals surface area contributed by atoms with E-state index in [1.807, 2.05) is 25.1 Å². The van der Waals surface area contributed by atoms with Gasteiger partial charge < -0.3 is 0 Å². The van der Waals surface area contributed by atoms with Crippen LogP contribution in [0.4, 0.5) is 5.69 Å². The van der Waals surface area contributed by atoms with Crippen LogP contribution >= 0.6 is 0 Å². The minimum Gasteiger partial charge on any atom is -0.293 e. The fraction of sp³-hybridized carbons (Fsp3) is 0.429. The average Bonchev–Trinajstić information content (AvgIpc) is 2.68. The Morgan fingerprint density at radius 1 is 1.31 bits per heavy atom. The normalized spacial score (nSPS) is 18.1. The highest BCUT2D eigenvalue weighted by atomic mass is 16.1. The van der Waals surface area contributed by atoms with Crippen LogP contribution in [0.25, 0.3) is 0 Å². The van der Waals surface area contributed by atoms with Gasteiger partial charge in [0.1, 0.15) is 0 Å². The Balaban J connectivity index is 2.38. The van der Waals surface area contributed by atoms with Crippen LogP contribution in [-0.2, 0) is 4.79 Å². The summed E-state index contributed by atoms with van der Waals surface area (Å²) in [6, 6.07) is 8.09. The van der Waals surface area contributed by atoms with Gasteiger partial charge in [-0.1, -0.05) is 38.5 Å². The minimum atomic E-state index is 0.189. The molecule has 0 saturated carbocycles. The van der Waals surface area contributed by atoms with Gasteiger partial charge in [-0.2, -0.15) is 0 Å². The Labute approximate surface area is 96.4 Å². The van der Waals surface area contributed by atoms with Crippen molar-refractivity contribution < 1.29 is 4.79 Å². The van der Waals surface area contributed by atoms with Crippen LogP contribution in [0.1, 0.15) is 44.6 Å². The minimum absolute atomic E-state index is 0.189. The number of fused-ring (bicyclic) bond motifs is 1. The molecule has 1 aromatic rings. The van der Waals surface area contributed by atoms with E-state index in [-0.39, 0.29) is 11.7 Å². The van der Waals surface area contributed by atoms with Gasteiger partial charge in [-0.25, -0.2) is 4.99 Å². The van der Waals surface area contributed by atoms with Crippen molar-refractivity contribution in [2.75, 3.05) is 0 Å². The first-order valence-corrected chi connectivity index (χ1v) is 5.98. The largest absolute Gasteiger partial charge is 0.293 e. The molecule has 0 radical (unpaired) electrons. The van der Waals surface area contributed by atoms with Crippen LogP contribution in [0.5, 0.6) is 0 Å². The number of carbonyl (C=O) groups is 1. The second-order valence-electron chi connectivity index (χ2n) is 4.17. The molecule has 84 valence electrons. The fourth-order valence-corrected chi connectivity index (χ4v) is 2.26. The quantitative estimate of drug-likeness (QED) is 0.754. The first-order valence-electron chi connectivity index (χ1n) is 5.98. The van der Waals surface area contributed by atoms with E-state index in [1.165, 1.54) is 5.56 Å². The van der Waals surface area contributed by atoms with Gasteiger partial charge in [0.2, 0.25) is 0 Å². The lowest BCUT2D eigenvalue weighted by atomic mass is 9.89. The van der Waals surface area contributed by atoms with Crippen molar-refractivity contribution in [3.8, 4) is 0 Å². The molecule has 0 aliphatic carbocycles. The summed E-state index contributed by atoms with van der Waals surface area (Å²) in [5.74, 6) is 0.420. The lowest BCUT2D eigenvalue weighted by Crippen LogP contribution is -2.18. The number of hydrogen-bond donors (Lipinski definition) is 0. The molecule has 0 bridgehead atoms. The Morgan fingerprint density at radius 2 is 2.06 bits per heavy atom. The van der Waals surface area contributed by atoms with E-state index in [0.717, 1.165) is 24.2 Å². The molecular weight excluding hydrogens is 198 g/mol. The smallest absolute Gasteiger partial charge is 0.177 e. The molecule has 1 aliphatic rings. The molecule has 0 spiro atoms. The molecule has 16 heavy (non-hydrogen) atoms. The second kappa shape index (κ2) is 4.60. The van der Waals surface area contributed by atoms with Crippen LogP contribution in [0.3, 0.4) is 0 Å². The van der Waals surface area contributed by atoms with Gasteiger partial charge in [-0.05, 0) is 18.1 Å². The first-order chi connectivity index (χ1) is 7.77. The number of nitrogens with zero attached hydrogens (tertiary/aromatic N) is 1. The molecule has 0 N–H and O–H groups in total. The molecule has 1 aromatic carbocycles. The number of rotatable bonds is 4. The lowest BCUT2D eigenvalue weighted by Gasteiger charge is -2.11. The Morgan fingerprint density at radius 3 is 2.75 bits per heavy atom. The Kier molecular flexibility index (Phi) is 3.18. The topological polar surface area (TPSA) is 29.4 Å². The molecule has 1 aliphatic heterocycles. The third-order valence-electron chi connectivity index (χ3n) is 3.07. The molecule has 1 heterocycles. The third kappa shape index (κ3) is 1.80. The molecule has 2 nitrogen and oxygen atoms in total. The SMILES string of the molecule is CCCC1C(C(=O)CC)=Nc2ccccc21. The summed E-state index contributed by atoms with van der Waals surface area (Å²) in [7, 11) is 0. The van der Waals surface area contributed by atoms with E-state index in [4.69, 9.17) is 0 Å². The predicted molar refractivity (Wildman–Crippen MR) is 66.5 cm³/mol. The monoisotopic (exact) mass is 215 g/mol. The van der Waals surface area contributed by atoms with E-state index >= 15 is 0 Å². The Bertz CT molecular complexity index is 434. The summed E-state index contributed by atoms with van der Waals surface area (Å²) in [6.07, 6.45) is 2.64. The van der Waals surface area contributed by atoms with Crippen molar-refractivity contribution >= 4 is 17.2 Å². The highest BCUT2D eigenvalue weighted by Gasteiger charge is 2.29. The van der Waals surface area contributed by atoms with Crippen molar-refractivity contribution in [3.63, 3.8) is 0 Å². The molecule has 0 fully saturated rings. The number of aliphatic imine (C=N–C) groups is 1. The summed E-state index contributed by atoms with van der Waals surface area (Å²) >= 11 is 0. The molecule has 2 heteroatoms. The number of ketones is 1. The van der Waals surface area contributed by atoms with Crippen molar-refractivity contribution in [2.45, 2.75) is 39.0 Å². The zero-order valence-electron chi connectivity index (χ0n) is 9.86. The molecule has 0 saturated heterocycles. The van der Waals surface area contributed by atoms with E-state index in [1.54, 1.807) is 0 Å². The van der Waals surface area contributed by atoms with Gasteiger partial charge in [0.25, 0.3) is 0 Å². The van der Waals surface area contributed by atoms with E-state index in [9.17, 15) is 4.79 Å². The molecule has 1 atom stereocenters. The number of Topliss-reactive ketones (excluding diaryl/α,β-unsaturated/α-hetero) is 1. The van der Waals surface area contributed by atoms with E-state index < -0.39 is 0 Å². The number of carbonyl (C=O) groups excluding carboxylic acids is 1. The summed E-state index contributed by atoms with van der Waals surface area (Å²) in [4.78, 5) is 16.3. The Hall–Kier alpha value is -1.44. The second-order valence-corrected chi connectivity index (χ2v) is 4.17. The van der Waals surface area contributed by atoms with E-state index in [0.29, 0.717) is 6.42 Å². The van der Waals surface area contributed by atoms with Gasteiger partial charge in [0, 0.05) is 12.3 Å². The van der Waals surface area contributed by atoms with Crippen molar-refractivity contribution in [1.82, 2.24) is 0 Å². The first kappa shape index (κ1) is 11.1. The fourth-order valence-electron chi connectivity index (χ4n) is 2.26. The maximum Gasteiger partial charge on any atom is 0.177 e. The van der Waals surface area contributed by atoms with Crippen LogP contribution in [0, 0.1) is 0 Å². The van der Waals surface area contributed by atoms with Gasteiger partial charge in [-0.3, -0.25) is 4.79 Å². The highest BCUT2D eigenvalue weighted by molar-refractivity contribution is 6.43. The zero-order valence-corrected chi connectivity index (χ0v) is 9.86. The molecular formula is C14H17NO. The van der Waals surface area contributed by atoms with Gasteiger partial charge in [0.05, 0.1) is 11.4 Å². The summed E-state index contributed by atoms with van der Waals surface area (Å²) < 4.78 is 0. The van der Waals surface area contributed by atoms with Gasteiger partial charge in [0.15, 0.2) is 5.78 Å². The predicted octanol–water partition coefficient (Wildman–Crippen LogP) is 3.64. The van der Waals surface area contributed by atoms with Gasteiger partial charge >= 0.3 is 0 Å².